The molecule has 0 spiro atoms. The highest BCUT2D eigenvalue weighted by Gasteiger charge is 2.22. The second-order valence-corrected chi connectivity index (χ2v) is 15.3. The third kappa shape index (κ3) is 6.41. The summed E-state index contributed by atoms with van der Waals surface area (Å²) < 4.78 is 6.34. The summed E-state index contributed by atoms with van der Waals surface area (Å²) in [6, 6.07) is 85.1. The number of benzene rings is 10. The lowest BCUT2D eigenvalue weighted by atomic mass is 9.86. The SMILES string of the molecule is c1ccc(-c2ccc(-c3ccccc3-c3ccccc3)c(-c3ccccc3N(c3ccc(-c4ccc5ccccc5c4)cc3)c3ccc4oc5ccccc5c4c3)c2)cc1. The molecule has 0 aliphatic heterocycles. The number of anilines is 3. The summed E-state index contributed by atoms with van der Waals surface area (Å²) in [5.74, 6) is 0. The largest absolute Gasteiger partial charge is 0.456 e. The fourth-order valence-electron chi connectivity index (χ4n) is 8.75. The van der Waals surface area contributed by atoms with Crippen molar-refractivity contribution in [1.29, 1.82) is 0 Å². The molecule has 0 bridgehead atoms. The van der Waals surface area contributed by atoms with Gasteiger partial charge in [0.15, 0.2) is 0 Å². The third-order valence-electron chi connectivity index (χ3n) is 11.7. The second-order valence-electron chi connectivity index (χ2n) is 15.3. The van der Waals surface area contributed by atoms with Crippen LogP contribution in [0.1, 0.15) is 0 Å². The van der Waals surface area contributed by atoms with Crippen molar-refractivity contribution in [1.82, 2.24) is 0 Å². The van der Waals surface area contributed by atoms with Crippen molar-refractivity contribution in [2.45, 2.75) is 0 Å². The molecule has 0 radical (unpaired) electrons. The Morgan fingerprint density at radius 3 is 1.63 bits per heavy atom. The van der Waals surface area contributed by atoms with E-state index in [1.54, 1.807) is 0 Å². The first-order valence-corrected chi connectivity index (χ1v) is 20.5. The van der Waals surface area contributed by atoms with Gasteiger partial charge in [-0.05, 0) is 115 Å². The molecule has 0 fully saturated rings. The van der Waals surface area contributed by atoms with Crippen LogP contribution in [-0.4, -0.2) is 0 Å². The van der Waals surface area contributed by atoms with Crippen LogP contribution >= 0.6 is 0 Å². The smallest absolute Gasteiger partial charge is 0.135 e. The first-order valence-electron chi connectivity index (χ1n) is 20.5. The highest BCUT2D eigenvalue weighted by molar-refractivity contribution is 6.07. The summed E-state index contributed by atoms with van der Waals surface area (Å²) in [6.07, 6.45) is 0. The van der Waals surface area contributed by atoms with E-state index in [2.05, 4.69) is 229 Å². The van der Waals surface area contributed by atoms with Crippen LogP contribution in [-0.2, 0) is 0 Å². The molecule has 282 valence electrons. The minimum Gasteiger partial charge on any atom is -0.456 e. The van der Waals surface area contributed by atoms with Gasteiger partial charge in [0, 0.05) is 27.7 Å². The molecule has 0 amide bonds. The summed E-state index contributed by atoms with van der Waals surface area (Å²) in [5.41, 5.74) is 16.7. The zero-order valence-corrected chi connectivity index (χ0v) is 32.9. The van der Waals surface area contributed by atoms with Crippen LogP contribution < -0.4 is 4.90 Å². The highest BCUT2D eigenvalue weighted by Crippen LogP contribution is 2.47. The van der Waals surface area contributed by atoms with Gasteiger partial charge in [-0.25, -0.2) is 0 Å². The van der Waals surface area contributed by atoms with Gasteiger partial charge in [-0.15, -0.1) is 0 Å². The van der Waals surface area contributed by atoms with Gasteiger partial charge in [-0.1, -0.05) is 182 Å². The minimum atomic E-state index is 0.871. The van der Waals surface area contributed by atoms with Crippen LogP contribution in [0.4, 0.5) is 17.1 Å². The number of hydrogen-bond donors (Lipinski definition) is 0. The van der Waals surface area contributed by atoms with Gasteiger partial charge in [-0.3, -0.25) is 0 Å². The molecule has 0 unspecified atom stereocenters. The van der Waals surface area contributed by atoms with E-state index in [1.165, 1.54) is 55.3 Å². The zero-order valence-electron chi connectivity index (χ0n) is 32.9. The lowest BCUT2D eigenvalue weighted by molar-refractivity contribution is 0.669. The van der Waals surface area contributed by atoms with Crippen LogP contribution in [0.2, 0.25) is 0 Å². The first-order chi connectivity index (χ1) is 29.7. The van der Waals surface area contributed by atoms with E-state index in [1.807, 2.05) is 12.1 Å². The van der Waals surface area contributed by atoms with Crippen molar-refractivity contribution in [2.24, 2.45) is 0 Å². The van der Waals surface area contributed by atoms with Gasteiger partial charge in [0.05, 0.1) is 5.69 Å². The zero-order chi connectivity index (χ0) is 39.8. The van der Waals surface area contributed by atoms with Gasteiger partial charge in [-0.2, -0.15) is 0 Å². The molecule has 0 aliphatic rings. The summed E-state index contributed by atoms with van der Waals surface area (Å²) in [4.78, 5) is 2.41. The first kappa shape index (κ1) is 35.2. The fraction of sp³-hybridized carbons (Fsp3) is 0. The standard InChI is InChI=1S/C58H39NO/c1-3-15-40(16-4-1)46-31-35-51(50-22-10-9-21-49(50)43-18-5-2-6-19-43)54(38-46)52-23-11-13-25-56(52)59(48-34-36-58-55(39-48)53-24-12-14-26-57(53)60-58)47-32-29-42(30-33-47)45-28-27-41-17-7-8-20-44(41)37-45/h1-39H. The molecule has 0 saturated heterocycles. The molecule has 2 heteroatoms. The molecule has 2 nitrogen and oxygen atoms in total. The van der Waals surface area contributed by atoms with E-state index in [-0.39, 0.29) is 0 Å². The van der Waals surface area contributed by atoms with E-state index < -0.39 is 0 Å². The van der Waals surface area contributed by atoms with Gasteiger partial charge < -0.3 is 9.32 Å². The van der Waals surface area contributed by atoms with Crippen LogP contribution in [0.25, 0.3) is 88.3 Å². The van der Waals surface area contributed by atoms with Gasteiger partial charge in [0.25, 0.3) is 0 Å². The molecule has 1 aromatic heterocycles. The summed E-state index contributed by atoms with van der Waals surface area (Å²) in [6.45, 7) is 0. The van der Waals surface area contributed by atoms with Crippen molar-refractivity contribution in [3.63, 3.8) is 0 Å². The lowest BCUT2D eigenvalue weighted by Gasteiger charge is -2.29. The molecule has 11 aromatic rings. The normalized spacial score (nSPS) is 11.3. The molecule has 60 heavy (non-hydrogen) atoms. The number of para-hydroxylation sites is 2. The average molecular weight is 766 g/mol. The Labute approximate surface area is 349 Å². The van der Waals surface area contributed by atoms with E-state index in [9.17, 15) is 0 Å². The van der Waals surface area contributed by atoms with E-state index in [0.717, 1.165) is 50.1 Å². The molecule has 1 heterocycles. The minimum absolute atomic E-state index is 0.871. The monoisotopic (exact) mass is 765 g/mol. The van der Waals surface area contributed by atoms with Gasteiger partial charge in [0.1, 0.15) is 11.2 Å². The Hall–Kier alpha value is -7.94. The molecule has 0 saturated carbocycles. The Bertz CT molecular complexity index is 3310. The molecule has 0 aliphatic carbocycles. The number of furan rings is 1. The van der Waals surface area contributed by atoms with E-state index in [4.69, 9.17) is 4.42 Å². The second kappa shape index (κ2) is 15.1. The van der Waals surface area contributed by atoms with Crippen LogP contribution in [0, 0.1) is 0 Å². The van der Waals surface area contributed by atoms with Gasteiger partial charge >= 0.3 is 0 Å². The Morgan fingerprint density at radius 1 is 0.267 bits per heavy atom. The quantitative estimate of drug-likeness (QED) is 0.153. The number of rotatable bonds is 8. The average Bonchev–Trinajstić information content (AvgIpc) is 3.70. The topological polar surface area (TPSA) is 16.4 Å². The predicted molar refractivity (Wildman–Crippen MR) is 253 cm³/mol. The summed E-state index contributed by atoms with van der Waals surface area (Å²) in [7, 11) is 0. The van der Waals surface area contributed by atoms with Crippen molar-refractivity contribution in [3.8, 4) is 55.6 Å². The Kier molecular flexibility index (Phi) is 8.87. The molecule has 0 atom stereocenters. The molecular formula is C58H39NO. The fourth-order valence-corrected chi connectivity index (χ4v) is 8.75. The Balaban J connectivity index is 1.13. The maximum absolute atomic E-state index is 6.34. The number of hydrogen-bond acceptors (Lipinski definition) is 2. The molecule has 11 rings (SSSR count). The van der Waals surface area contributed by atoms with Crippen molar-refractivity contribution in [2.75, 3.05) is 4.90 Å². The number of nitrogens with zero attached hydrogens (tertiary/aromatic N) is 1. The van der Waals surface area contributed by atoms with E-state index in [0.29, 0.717) is 0 Å². The lowest BCUT2D eigenvalue weighted by Crippen LogP contribution is -2.11. The summed E-state index contributed by atoms with van der Waals surface area (Å²) >= 11 is 0. The van der Waals surface area contributed by atoms with Crippen molar-refractivity contribution < 1.29 is 4.42 Å². The molecular weight excluding hydrogens is 727 g/mol. The maximum Gasteiger partial charge on any atom is 0.135 e. The summed E-state index contributed by atoms with van der Waals surface area (Å²) in [5, 5.41) is 4.66. The Morgan fingerprint density at radius 2 is 0.817 bits per heavy atom. The molecule has 10 aromatic carbocycles. The predicted octanol–water partition coefficient (Wildman–Crippen LogP) is 16.5. The van der Waals surface area contributed by atoms with Crippen LogP contribution in [0.5, 0.6) is 0 Å². The van der Waals surface area contributed by atoms with Crippen molar-refractivity contribution in [3.05, 3.63) is 237 Å². The van der Waals surface area contributed by atoms with Crippen LogP contribution in [0.3, 0.4) is 0 Å². The highest BCUT2D eigenvalue weighted by atomic mass is 16.3. The van der Waals surface area contributed by atoms with Crippen LogP contribution in [0.15, 0.2) is 241 Å². The van der Waals surface area contributed by atoms with Crippen molar-refractivity contribution >= 4 is 49.8 Å². The maximum atomic E-state index is 6.34. The number of fused-ring (bicyclic) bond motifs is 4. The van der Waals surface area contributed by atoms with Gasteiger partial charge in [0.2, 0.25) is 0 Å². The molecule has 0 N–H and O–H groups in total. The third-order valence-corrected chi connectivity index (χ3v) is 11.7. The van der Waals surface area contributed by atoms with E-state index >= 15 is 0 Å².